The van der Waals surface area contributed by atoms with E-state index in [0.29, 0.717) is 42.7 Å². The zero-order valence-corrected chi connectivity index (χ0v) is 16.2. The van der Waals surface area contributed by atoms with Gasteiger partial charge in [-0.2, -0.15) is 0 Å². The van der Waals surface area contributed by atoms with Crippen LogP contribution in [0, 0.1) is 18.8 Å². The van der Waals surface area contributed by atoms with Gasteiger partial charge in [0.25, 0.3) is 5.91 Å². The number of aromatic nitrogens is 4. The summed E-state index contributed by atoms with van der Waals surface area (Å²) in [5.41, 5.74) is 2.32. The molecule has 29 heavy (non-hydrogen) atoms. The summed E-state index contributed by atoms with van der Waals surface area (Å²) in [6.45, 7) is 3.08. The molecule has 3 aromatic rings. The Hall–Kier alpha value is -3.00. The van der Waals surface area contributed by atoms with E-state index in [4.69, 9.17) is 4.52 Å². The summed E-state index contributed by atoms with van der Waals surface area (Å²) in [5.74, 6) is 1.12. The highest BCUT2D eigenvalue weighted by Gasteiger charge is 2.44. The Labute approximate surface area is 168 Å². The lowest BCUT2D eigenvalue weighted by molar-refractivity contribution is 0.0298. The van der Waals surface area contributed by atoms with Crippen molar-refractivity contribution in [2.75, 3.05) is 13.1 Å². The first kappa shape index (κ1) is 18.1. The van der Waals surface area contributed by atoms with E-state index in [-0.39, 0.29) is 11.9 Å². The van der Waals surface area contributed by atoms with Crippen LogP contribution in [0.15, 0.2) is 47.2 Å². The van der Waals surface area contributed by atoms with Crippen LogP contribution < -0.4 is 0 Å². The van der Waals surface area contributed by atoms with Gasteiger partial charge >= 0.3 is 0 Å². The number of rotatable bonds is 3. The summed E-state index contributed by atoms with van der Waals surface area (Å²) in [7, 11) is 0. The van der Waals surface area contributed by atoms with Gasteiger partial charge in [0.2, 0.25) is 0 Å². The number of carbonyl (C=O) groups excluding carboxylic acids is 1. The largest absolute Gasteiger partial charge is 0.391 e. The second-order valence-electron chi connectivity index (χ2n) is 8.08. The van der Waals surface area contributed by atoms with Crippen molar-refractivity contribution in [1.29, 1.82) is 0 Å². The molecule has 2 aliphatic rings. The minimum Gasteiger partial charge on any atom is -0.391 e. The fraction of sp³-hybridized carbons (Fsp3) is 0.429. The Kier molecular flexibility index (Phi) is 4.43. The number of nitrogens with zero attached hydrogens (tertiary/aromatic N) is 5. The Morgan fingerprint density at radius 3 is 2.66 bits per heavy atom. The van der Waals surface area contributed by atoms with Gasteiger partial charge in [-0.3, -0.25) is 4.79 Å². The normalized spacial score (nSPS) is 26.5. The highest BCUT2D eigenvalue weighted by atomic mass is 16.5. The lowest BCUT2D eigenvalue weighted by atomic mass is 9.77. The monoisotopic (exact) mass is 393 g/mol. The van der Waals surface area contributed by atoms with Crippen molar-refractivity contribution in [2.45, 2.75) is 31.9 Å². The molecule has 2 fully saturated rings. The summed E-state index contributed by atoms with van der Waals surface area (Å²) in [5, 5.41) is 23.1. The molecule has 1 aliphatic carbocycles. The Morgan fingerprint density at radius 1 is 1.17 bits per heavy atom. The molecule has 3 heterocycles. The van der Waals surface area contributed by atoms with Gasteiger partial charge in [0.1, 0.15) is 17.0 Å². The molecular formula is C21H23N5O3. The summed E-state index contributed by atoms with van der Waals surface area (Å²) < 4.78 is 6.83. The molecule has 0 bridgehead atoms. The molecule has 1 aliphatic heterocycles. The molecule has 8 nitrogen and oxygen atoms in total. The van der Waals surface area contributed by atoms with Crippen LogP contribution in [0.3, 0.4) is 0 Å². The molecule has 0 radical (unpaired) electrons. The molecule has 0 unspecified atom stereocenters. The van der Waals surface area contributed by atoms with Crippen LogP contribution in [0.1, 0.15) is 35.0 Å². The molecule has 4 atom stereocenters. The minimum absolute atomic E-state index is 0.0451. The highest BCUT2D eigenvalue weighted by molar-refractivity contribution is 5.95. The number of benzene rings is 1. The summed E-state index contributed by atoms with van der Waals surface area (Å²) in [6, 6.07) is 9.76. The van der Waals surface area contributed by atoms with E-state index in [9.17, 15) is 9.90 Å². The SMILES string of the molecule is Cc1oncc1C(=O)N1C[C@H]2C[C@@H](n3cc(-c4ccccc4)nn3)[C@H](O)C[C@H]2C1. The minimum atomic E-state index is -0.506. The number of fused-ring (bicyclic) bond motifs is 1. The average molecular weight is 393 g/mol. The summed E-state index contributed by atoms with van der Waals surface area (Å²) in [6.07, 6.45) is 4.31. The fourth-order valence-electron chi connectivity index (χ4n) is 4.71. The van der Waals surface area contributed by atoms with Crippen LogP contribution in [-0.2, 0) is 0 Å². The van der Waals surface area contributed by atoms with Crippen molar-refractivity contribution in [3.8, 4) is 11.3 Å². The maximum atomic E-state index is 12.8. The third-order valence-electron chi connectivity index (χ3n) is 6.30. The maximum Gasteiger partial charge on any atom is 0.259 e. The molecule has 2 aromatic heterocycles. The zero-order valence-electron chi connectivity index (χ0n) is 16.2. The molecular weight excluding hydrogens is 370 g/mol. The van der Waals surface area contributed by atoms with Crippen LogP contribution in [0.2, 0.25) is 0 Å². The molecule has 150 valence electrons. The van der Waals surface area contributed by atoms with Crippen molar-refractivity contribution in [3.05, 3.63) is 54.0 Å². The maximum absolute atomic E-state index is 12.8. The number of aliphatic hydroxyl groups is 1. The van der Waals surface area contributed by atoms with Crippen LogP contribution in [-0.4, -0.2) is 55.3 Å². The van der Waals surface area contributed by atoms with Crippen molar-refractivity contribution >= 4 is 5.91 Å². The smallest absolute Gasteiger partial charge is 0.259 e. The first-order valence-corrected chi connectivity index (χ1v) is 9.96. The first-order valence-electron chi connectivity index (χ1n) is 9.96. The molecule has 1 aromatic carbocycles. The lowest BCUT2D eigenvalue weighted by Gasteiger charge is -2.34. The molecule has 0 spiro atoms. The Morgan fingerprint density at radius 2 is 1.93 bits per heavy atom. The molecule has 5 rings (SSSR count). The van der Waals surface area contributed by atoms with Crippen molar-refractivity contribution < 1.29 is 14.4 Å². The third-order valence-corrected chi connectivity index (χ3v) is 6.30. The van der Waals surface area contributed by atoms with Gasteiger partial charge in [-0.15, -0.1) is 5.10 Å². The van der Waals surface area contributed by atoms with Gasteiger partial charge in [0.05, 0.1) is 24.5 Å². The highest BCUT2D eigenvalue weighted by Crippen LogP contribution is 2.41. The molecule has 1 saturated carbocycles. The number of amides is 1. The van der Waals surface area contributed by atoms with E-state index in [1.54, 1.807) is 11.6 Å². The number of hydrogen-bond acceptors (Lipinski definition) is 6. The second-order valence-corrected chi connectivity index (χ2v) is 8.08. The molecule has 8 heteroatoms. The van der Waals surface area contributed by atoms with Gasteiger partial charge in [0.15, 0.2) is 0 Å². The number of aliphatic hydroxyl groups excluding tert-OH is 1. The van der Waals surface area contributed by atoms with E-state index >= 15 is 0 Å². The third kappa shape index (κ3) is 3.23. The van der Waals surface area contributed by atoms with Crippen LogP contribution in [0.5, 0.6) is 0 Å². The predicted molar refractivity (Wildman–Crippen MR) is 104 cm³/mol. The van der Waals surface area contributed by atoms with E-state index in [0.717, 1.165) is 17.7 Å². The van der Waals surface area contributed by atoms with Gasteiger partial charge in [-0.1, -0.05) is 40.7 Å². The molecule has 1 amide bonds. The standard InChI is InChI=1S/C21H23N5O3/c1-13-17(9-22-29-13)21(28)25-10-15-7-19(20(27)8-16(15)11-25)26-12-18(23-24-26)14-5-3-2-4-6-14/h2-6,9,12,15-16,19-20,27H,7-8,10-11H2,1H3/t15-,16+,19-,20-/m1/s1. The van der Waals surface area contributed by atoms with Crippen molar-refractivity contribution in [2.24, 2.45) is 11.8 Å². The molecule has 1 N–H and O–H groups in total. The van der Waals surface area contributed by atoms with E-state index < -0.39 is 6.10 Å². The zero-order chi connectivity index (χ0) is 20.0. The predicted octanol–water partition coefficient (Wildman–Crippen LogP) is 2.33. The second kappa shape index (κ2) is 7.11. The number of hydrogen-bond donors (Lipinski definition) is 1. The van der Waals surface area contributed by atoms with Crippen LogP contribution in [0.4, 0.5) is 0 Å². The topological polar surface area (TPSA) is 97.3 Å². The van der Waals surface area contributed by atoms with E-state index in [2.05, 4.69) is 15.5 Å². The lowest BCUT2D eigenvalue weighted by Crippen LogP contribution is -2.36. The summed E-state index contributed by atoms with van der Waals surface area (Å²) >= 11 is 0. The molecule has 1 saturated heterocycles. The quantitative estimate of drug-likeness (QED) is 0.733. The van der Waals surface area contributed by atoms with Crippen molar-refractivity contribution in [3.63, 3.8) is 0 Å². The number of aryl methyl sites for hydroxylation is 1. The first-order chi connectivity index (χ1) is 14.1. The number of carbonyl (C=O) groups is 1. The van der Waals surface area contributed by atoms with Crippen LogP contribution in [0.25, 0.3) is 11.3 Å². The van der Waals surface area contributed by atoms with E-state index in [1.165, 1.54) is 6.20 Å². The van der Waals surface area contributed by atoms with Gasteiger partial charge in [0, 0.05) is 18.7 Å². The van der Waals surface area contributed by atoms with Gasteiger partial charge < -0.3 is 14.5 Å². The number of likely N-dealkylation sites (tertiary alicyclic amines) is 1. The van der Waals surface area contributed by atoms with E-state index in [1.807, 2.05) is 41.4 Å². The van der Waals surface area contributed by atoms with Crippen molar-refractivity contribution in [1.82, 2.24) is 25.1 Å². The fourth-order valence-corrected chi connectivity index (χ4v) is 4.71. The van der Waals surface area contributed by atoms with Crippen LogP contribution >= 0.6 is 0 Å². The Bertz CT molecular complexity index is 1010. The van der Waals surface area contributed by atoms with Gasteiger partial charge in [-0.05, 0) is 31.6 Å². The summed E-state index contributed by atoms with van der Waals surface area (Å²) in [4.78, 5) is 14.7. The van der Waals surface area contributed by atoms with Gasteiger partial charge in [-0.25, -0.2) is 4.68 Å². The Balaban J connectivity index is 1.31. The average Bonchev–Trinajstić information content (AvgIpc) is 3.46.